The van der Waals surface area contributed by atoms with Gasteiger partial charge in [-0.3, -0.25) is 4.98 Å². The molecule has 1 heterocycles. The fourth-order valence-electron chi connectivity index (χ4n) is 2.74. The molecule has 3 unspecified atom stereocenters. The van der Waals surface area contributed by atoms with Crippen molar-refractivity contribution in [2.45, 2.75) is 50.7 Å². The molecule has 2 N–H and O–H groups in total. The van der Waals surface area contributed by atoms with Gasteiger partial charge in [0.25, 0.3) is 0 Å². The van der Waals surface area contributed by atoms with E-state index in [0.717, 1.165) is 19.3 Å². The molecule has 0 aromatic carbocycles. The maximum atomic E-state index is 6.43. The molecule has 0 radical (unpaired) electrons. The first-order chi connectivity index (χ1) is 8.12. The van der Waals surface area contributed by atoms with Crippen LogP contribution in [0, 0.1) is 0 Å². The average molecular weight is 234 g/mol. The van der Waals surface area contributed by atoms with E-state index in [9.17, 15) is 0 Å². The topological polar surface area (TPSA) is 48.1 Å². The zero-order valence-electron chi connectivity index (χ0n) is 10.9. The highest BCUT2D eigenvalue weighted by Crippen LogP contribution is 2.38. The Bertz CT molecular complexity index is 388. The van der Waals surface area contributed by atoms with E-state index in [-0.39, 0.29) is 11.6 Å². The van der Waals surface area contributed by atoms with Crippen molar-refractivity contribution in [3.63, 3.8) is 0 Å². The molecule has 0 spiro atoms. The summed E-state index contributed by atoms with van der Waals surface area (Å²) in [7, 11) is 1.75. The van der Waals surface area contributed by atoms with E-state index in [1.165, 1.54) is 11.3 Å². The molecule has 0 aliphatic heterocycles. The standard InChI is InChI=1S/C14H22N2O/c1-4-14(2,17-3)13(15)11-8-7-10-6-5-9-16-12(10)11/h5-6,9,11,13H,4,7-8,15H2,1-3H3. The van der Waals surface area contributed by atoms with Crippen LogP contribution in [0.15, 0.2) is 18.3 Å². The summed E-state index contributed by atoms with van der Waals surface area (Å²) in [6.45, 7) is 4.22. The molecule has 3 heteroatoms. The molecule has 0 saturated heterocycles. The summed E-state index contributed by atoms with van der Waals surface area (Å²) in [5.41, 5.74) is 8.70. The molecule has 1 aromatic rings. The van der Waals surface area contributed by atoms with Crippen LogP contribution in [0.2, 0.25) is 0 Å². The average Bonchev–Trinajstić information content (AvgIpc) is 2.80. The van der Waals surface area contributed by atoms with Crippen LogP contribution >= 0.6 is 0 Å². The Labute approximate surface area is 103 Å². The third-order valence-corrected chi connectivity index (χ3v) is 4.31. The number of pyridine rings is 1. The van der Waals surface area contributed by atoms with Crippen molar-refractivity contribution in [3.8, 4) is 0 Å². The zero-order valence-corrected chi connectivity index (χ0v) is 10.9. The SMILES string of the molecule is CCC(C)(OC)C(N)C1CCc2cccnc21. The smallest absolute Gasteiger partial charge is 0.0804 e. The molecule has 2 rings (SSSR count). The lowest BCUT2D eigenvalue weighted by atomic mass is 9.83. The van der Waals surface area contributed by atoms with Gasteiger partial charge in [0.15, 0.2) is 0 Å². The highest BCUT2D eigenvalue weighted by Gasteiger charge is 2.39. The van der Waals surface area contributed by atoms with Crippen molar-refractivity contribution in [2.75, 3.05) is 7.11 Å². The van der Waals surface area contributed by atoms with Gasteiger partial charge in [0.1, 0.15) is 0 Å². The number of methoxy groups -OCH3 is 1. The molecule has 0 amide bonds. The summed E-state index contributed by atoms with van der Waals surface area (Å²) in [6, 6.07) is 4.17. The molecule has 94 valence electrons. The van der Waals surface area contributed by atoms with Gasteiger partial charge in [-0.1, -0.05) is 13.0 Å². The second kappa shape index (κ2) is 4.75. The Balaban J connectivity index is 2.26. The van der Waals surface area contributed by atoms with Crippen LogP contribution in [-0.4, -0.2) is 23.7 Å². The summed E-state index contributed by atoms with van der Waals surface area (Å²) in [5.74, 6) is 0.330. The van der Waals surface area contributed by atoms with Crippen molar-refractivity contribution >= 4 is 0 Å². The normalized spacial score (nSPS) is 24.1. The van der Waals surface area contributed by atoms with E-state index in [1.807, 2.05) is 12.3 Å². The van der Waals surface area contributed by atoms with Gasteiger partial charge in [0, 0.05) is 31.0 Å². The summed E-state index contributed by atoms with van der Waals surface area (Å²) in [6.07, 6.45) is 4.96. The molecule has 3 nitrogen and oxygen atoms in total. The van der Waals surface area contributed by atoms with Crippen LogP contribution in [-0.2, 0) is 11.2 Å². The Morgan fingerprint density at radius 3 is 3.06 bits per heavy atom. The van der Waals surface area contributed by atoms with Gasteiger partial charge in [-0.15, -0.1) is 0 Å². The Morgan fingerprint density at radius 2 is 2.41 bits per heavy atom. The molecule has 1 aliphatic carbocycles. The quantitative estimate of drug-likeness (QED) is 0.869. The maximum Gasteiger partial charge on any atom is 0.0804 e. The first-order valence-electron chi connectivity index (χ1n) is 6.37. The van der Waals surface area contributed by atoms with Gasteiger partial charge >= 0.3 is 0 Å². The van der Waals surface area contributed by atoms with Gasteiger partial charge in [0.05, 0.1) is 5.60 Å². The number of hydrogen-bond donors (Lipinski definition) is 1. The third-order valence-electron chi connectivity index (χ3n) is 4.31. The molecule has 0 saturated carbocycles. The number of nitrogens with zero attached hydrogens (tertiary/aromatic N) is 1. The van der Waals surface area contributed by atoms with Crippen LogP contribution in [0.5, 0.6) is 0 Å². The number of hydrogen-bond acceptors (Lipinski definition) is 3. The first-order valence-corrected chi connectivity index (χ1v) is 6.37. The lowest BCUT2D eigenvalue weighted by Crippen LogP contribution is -2.50. The largest absolute Gasteiger partial charge is 0.377 e. The Hall–Kier alpha value is -0.930. The van der Waals surface area contributed by atoms with Gasteiger partial charge in [0.2, 0.25) is 0 Å². The van der Waals surface area contributed by atoms with Crippen LogP contribution < -0.4 is 5.73 Å². The second-order valence-electron chi connectivity index (χ2n) is 5.09. The van der Waals surface area contributed by atoms with Gasteiger partial charge in [-0.25, -0.2) is 0 Å². The number of aromatic nitrogens is 1. The second-order valence-corrected chi connectivity index (χ2v) is 5.09. The van der Waals surface area contributed by atoms with Crippen molar-refractivity contribution in [2.24, 2.45) is 5.73 Å². The number of ether oxygens (including phenoxy) is 1. The molecule has 17 heavy (non-hydrogen) atoms. The monoisotopic (exact) mass is 234 g/mol. The van der Waals surface area contributed by atoms with Crippen molar-refractivity contribution in [1.82, 2.24) is 4.98 Å². The van der Waals surface area contributed by atoms with Crippen molar-refractivity contribution in [3.05, 3.63) is 29.6 Å². The van der Waals surface area contributed by atoms with Crippen molar-refractivity contribution < 1.29 is 4.74 Å². The molecular formula is C14H22N2O. The van der Waals surface area contributed by atoms with E-state index < -0.39 is 0 Å². The number of rotatable bonds is 4. The third kappa shape index (κ3) is 2.09. The molecule has 3 atom stereocenters. The molecule has 1 aliphatic rings. The summed E-state index contributed by atoms with van der Waals surface area (Å²) < 4.78 is 5.62. The minimum Gasteiger partial charge on any atom is -0.377 e. The summed E-state index contributed by atoms with van der Waals surface area (Å²) in [4.78, 5) is 4.51. The highest BCUT2D eigenvalue weighted by atomic mass is 16.5. The van der Waals surface area contributed by atoms with E-state index in [2.05, 4.69) is 24.9 Å². The molecular weight excluding hydrogens is 212 g/mol. The molecule has 0 fully saturated rings. The van der Waals surface area contributed by atoms with Gasteiger partial charge in [-0.2, -0.15) is 0 Å². The van der Waals surface area contributed by atoms with Crippen LogP contribution in [0.1, 0.15) is 43.9 Å². The predicted octanol–water partition coefficient (Wildman–Crippen LogP) is 2.25. The predicted molar refractivity (Wildman–Crippen MR) is 69.0 cm³/mol. The van der Waals surface area contributed by atoms with E-state index in [4.69, 9.17) is 10.5 Å². The lowest BCUT2D eigenvalue weighted by Gasteiger charge is -2.36. The van der Waals surface area contributed by atoms with E-state index in [1.54, 1.807) is 7.11 Å². The summed E-state index contributed by atoms with van der Waals surface area (Å²) >= 11 is 0. The zero-order chi connectivity index (χ0) is 12.5. The number of aryl methyl sites for hydroxylation is 1. The fourth-order valence-corrected chi connectivity index (χ4v) is 2.74. The van der Waals surface area contributed by atoms with E-state index in [0.29, 0.717) is 5.92 Å². The van der Waals surface area contributed by atoms with Gasteiger partial charge in [-0.05, 0) is 37.8 Å². The molecule has 1 aromatic heterocycles. The lowest BCUT2D eigenvalue weighted by molar-refractivity contribution is -0.0256. The van der Waals surface area contributed by atoms with Crippen LogP contribution in [0.4, 0.5) is 0 Å². The minimum absolute atomic E-state index is 0.00801. The van der Waals surface area contributed by atoms with Crippen LogP contribution in [0.25, 0.3) is 0 Å². The fraction of sp³-hybridized carbons (Fsp3) is 0.643. The molecule has 0 bridgehead atoms. The first kappa shape index (κ1) is 12.5. The highest BCUT2D eigenvalue weighted by molar-refractivity contribution is 5.30. The number of fused-ring (bicyclic) bond motifs is 1. The van der Waals surface area contributed by atoms with E-state index >= 15 is 0 Å². The minimum atomic E-state index is -0.260. The van der Waals surface area contributed by atoms with Gasteiger partial charge < -0.3 is 10.5 Å². The Morgan fingerprint density at radius 1 is 1.65 bits per heavy atom. The Kier molecular flexibility index (Phi) is 3.50. The van der Waals surface area contributed by atoms with Crippen molar-refractivity contribution in [1.29, 1.82) is 0 Å². The van der Waals surface area contributed by atoms with Crippen LogP contribution in [0.3, 0.4) is 0 Å². The summed E-state index contributed by atoms with van der Waals surface area (Å²) in [5, 5.41) is 0. The number of nitrogens with two attached hydrogens (primary N) is 1. The maximum absolute atomic E-state index is 6.43.